The van der Waals surface area contributed by atoms with Crippen LogP contribution in [-0.4, -0.2) is 57.3 Å². The fraction of sp³-hybridized carbons (Fsp3) is 0.414. The molecule has 43 heavy (non-hydrogen) atoms. The largest absolute Gasteiger partial charge is 0.462 e. The van der Waals surface area contributed by atoms with Gasteiger partial charge in [-0.1, -0.05) is 48.5 Å². The number of nitrogens with one attached hydrogen (secondary N) is 2. The maximum Gasteiger partial charge on any atom is 0.459 e. The van der Waals surface area contributed by atoms with Crippen LogP contribution in [0.3, 0.4) is 0 Å². The predicted octanol–water partition coefficient (Wildman–Crippen LogP) is 3.25. The van der Waals surface area contributed by atoms with Crippen molar-refractivity contribution in [2.75, 3.05) is 6.61 Å². The summed E-state index contributed by atoms with van der Waals surface area (Å²) in [6.07, 6.45) is -3.86. The number of aromatic nitrogens is 2. The lowest BCUT2D eigenvalue weighted by atomic mass is 9.98. The van der Waals surface area contributed by atoms with Gasteiger partial charge in [0.05, 0.1) is 12.7 Å². The Morgan fingerprint density at radius 3 is 2.49 bits per heavy atom. The first-order valence-corrected chi connectivity index (χ1v) is 15.2. The molecule has 1 fully saturated rings. The molecule has 1 aliphatic heterocycles. The van der Waals surface area contributed by atoms with Gasteiger partial charge >= 0.3 is 19.4 Å². The Morgan fingerprint density at radius 1 is 1.14 bits per heavy atom. The van der Waals surface area contributed by atoms with Crippen LogP contribution >= 0.6 is 7.75 Å². The standard InChI is InChI=1S/C29H35FN3O9P/c1-18(2)40-26(36)19(3)32-43(38,42-22-13-9-8-12-21(22)16-20-10-6-5-7-11-20)39-17-23-25(35)29(4,30)27(41-23)33-15-14-24(34)31-28(33)37/h5-15,18-19,23,25,27,35H,16-17H2,1-4H3,(H,32,38)(H,31,34,37)/t19-,23?,25+,27+,29+,43?/m0/s1. The van der Waals surface area contributed by atoms with Gasteiger partial charge in [-0.05, 0) is 44.9 Å². The minimum absolute atomic E-state index is 0.201. The fourth-order valence-corrected chi connectivity index (χ4v) is 6.07. The normalized spacial score (nSPS) is 23.9. The molecule has 12 nitrogen and oxygen atoms in total. The van der Waals surface area contributed by atoms with E-state index in [0.29, 0.717) is 12.0 Å². The summed E-state index contributed by atoms with van der Waals surface area (Å²) in [5, 5.41) is 13.3. The molecule has 0 radical (unpaired) electrons. The Balaban J connectivity index is 1.59. The minimum Gasteiger partial charge on any atom is -0.462 e. The number of nitrogens with zero attached hydrogens (tertiary/aromatic N) is 1. The zero-order valence-electron chi connectivity index (χ0n) is 24.1. The summed E-state index contributed by atoms with van der Waals surface area (Å²) in [6, 6.07) is 16.2. The molecular formula is C29H35FN3O9P. The smallest absolute Gasteiger partial charge is 0.459 e. The number of carbonyl (C=O) groups excluding carboxylic acids is 1. The number of rotatable bonds is 12. The molecule has 0 spiro atoms. The lowest BCUT2D eigenvalue weighted by Gasteiger charge is -2.26. The maximum absolute atomic E-state index is 15.7. The lowest BCUT2D eigenvalue weighted by molar-refractivity contribution is -0.149. The number of benzene rings is 2. The molecule has 0 bridgehead atoms. The summed E-state index contributed by atoms with van der Waals surface area (Å²) in [7, 11) is -4.44. The van der Waals surface area contributed by atoms with Crippen LogP contribution in [0, 0.1) is 0 Å². The van der Waals surface area contributed by atoms with Crippen LogP contribution < -0.4 is 20.9 Å². The highest BCUT2D eigenvalue weighted by Crippen LogP contribution is 2.48. The average Bonchev–Trinajstić information content (AvgIpc) is 3.16. The van der Waals surface area contributed by atoms with Crippen molar-refractivity contribution in [3.05, 3.63) is 98.8 Å². The number of esters is 1. The topological polar surface area (TPSA) is 158 Å². The molecule has 6 atom stereocenters. The average molecular weight is 620 g/mol. The van der Waals surface area contributed by atoms with Crippen molar-refractivity contribution in [2.45, 2.75) is 70.4 Å². The van der Waals surface area contributed by atoms with Gasteiger partial charge < -0.3 is 19.1 Å². The second kappa shape index (κ2) is 13.4. The van der Waals surface area contributed by atoms with Crippen LogP contribution in [0.25, 0.3) is 0 Å². The van der Waals surface area contributed by atoms with Gasteiger partial charge in [0.15, 0.2) is 11.9 Å². The number of ether oxygens (including phenoxy) is 2. The van der Waals surface area contributed by atoms with E-state index in [1.807, 2.05) is 35.3 Å². The van der Waals surface area contributed by atoms with Crippen LogP contribution in [0.5, 0.6) is 5.75 Å². The van der Waals surface area contributed by atoms with Crippen LogP contribution in [0.4, 0.5) is 4.39 Å². The van der Waals surface area contributed by atoms with Crippen molar-refractivity contribution in [3.8, 4) is 5.75 Å². The minimum atomic E-state index is -4.44. The molecule has 0 aliphatic carbocycles. The van der Waals surface area contributed by atoms with Gasteiger partial charge in [0.25, 0.3) is 5.56 Å². The second-order valence-corrected chi connectivity index (χ2v) is 12.3. The number of halogens is 1. The van der Waals surface area contributed by atoms with Crippen molar-refractivity contribution in [1.29, 1.82) is 0 Å². The highest BCUT2D eigenvalue weighted by Gasteiger charge is 2.56. The van der Waals surface area contributed by atoms with E-state index >= 15 is 4.39 Å². The van der Waals surface area contributed by atoms with E-state index in [1.165, 1.54) is 6.92 Å². The molecule has 14 heteroatoms. The predicted molar refractivity (Wildman–Crippen MR) is 154 cm³/mol. The van der Waals surface area contributed by atoms with Gasteiger partial charge in [-0.2, -0.15) is 5.09 Å². The van der Waals surface area contributed by atoms with Gasteiger partial charge in [-0.25, -0.2) is 13.8 Å². The third kappa shape index (κ3) is 7.87. The van der Waals surface area contributed by atoms with Crippen molar-refractivity contribution in [3.63, 3.8) is 0 Å². The number of para-hydroxylation sites is 1. The second-order valence-electron chi connectivity index (χ2n) is 10.6. The van der Waals surface area contributed by atoms with E-state index in [1.54, 1.807) is 38.1 Å². The van der Waals surface area contributed by atoms with Gasteiger partial charge in [0, 0.05) is 18.7 Å². The number of aliphatic hydroxyl groups is 1. The lowest BCUT2D eigenvalue weighted by Crippen LogP contribution is -2.43. The van der Waals surface area contributed by atoms with Crippen LogP contribution in [-0.2, 0) is 29.8 Å². The molecule has 2 aromatic carbocycles. The number of carbonyl (C=O) groups is 1. The summed E-state index contributed by atoms with van der Waals surface area (Å²) in [5.74, 6) is -0.515. The Labute approximate surface area is 247 Å². The summed E-state index contributed by atoms with van der Waals surface area (Å²) in [6.45, 7) is 5.10. The molecule has 3 N–H and O–H groups in total. The quantitative estimate of drug-likeness (QED) is 0.203. The van der Waals surface area contributed by atoms with Crippen molar-refractivity contribution in [2.24, 2.45) is 0 Å². The Kier molecular flexibility index (Phi) is 10.0. The molecule has 0 saturated carbocycles. The highest BCUT2D eigenvalue weighted by atomic mass is 31.2. The van der Waals surface area contributed by atoms with E-state index < -0.39 is 67.8 Å². The Hall–Kier alpha value is -3.61. The number of alkyl halides is 1. The van der Waals surface area contributed by atoms with E-state index in [2.05, 4.69) is 5.09 Å². The third-order valence-electron chi connectivity index (χ3n) is 6.72. The first-order valence-electron chi connectivity index (χ1n) is 13.7. The van der Waals surface area contributed by atoms with Crippen LogP contribution in [0.15, 0.2) is 76.4 Å². The number of aliphatic hydroxyl groups excluding tert-OH is 1. The first-order chi connectivity index (χ1) is 20.3. The molecule has 0 amide bonds. The summed E-state index contributed by atoms with van der Waals surface area (Å²) >= 11 is 0. The van der Waals surface area contributed by atoms with Crippen molar-refractivity contribution < 1.29 is 37.4 Å². The van der Waals surface area contributed by atoms with Crippen LogP contribution in [0.2, 0.25) is 0 Å². The molecule has 2 heterocycles. The summed E-state index contributed by atoms with van der Waals surface area (Å²) in [4.78, 5) is 38.3. The molecule has 232 valence electrons. The van der Waals surface area contributed by atoms with Gasteiger partial charge in [0.2, 0.25) is 0 Å². The summed E-state index contributed by atoms with van der Waals surface area (Å²) in [5.41, 5.74) is -2.52. The number of hydrogen-bond acceptors (Lipinski definition) is 9. The van der Waals surface area contributed by atoms with E-state index in [0.717, 1.165) is 29.3 Å². The Bertz CT molecular complexity index is 1580. The van der Waals surface area contributed by atoms with E-state index in [4.69, 9.17) is 18.5 Å². The molecule has 1 aliphatic rings. The number of aromatic amines is 1. The van der Waals surface area contributed by atoms with Gasteiger partial charge in [-0.15, -0.1) is 0 Å². The van der Waals surface area contributed by atoms with E-state index in [9.17, 15) is 24.1 Å². The van der Waals surface area contributed by atoms with Gasteiger partial charge in [0.1, 0.15) is 24.0 Å². The number of hydrogen-bond donors (Lipinski definition) is 3. The maximum atomic E-state index is 15.7. The van der Waals surface area contributed by atoms with E-state index in [-0.39, 0.29) is 5.75 Å². The first kappa shape index (κ1) is 32.3. The van der Waals surface area contributed by atoms with Gasteiger partial charge in [-0.3, -0.25) is 23.7 Å². The monoisotopic (exact) mass is 619 g/mol. The van der Waals surface area contributed by atoms with Crippen molar-refractivity contribution >= 4 is 13.7 Å². The highest BCUT2D eigenvalue weighted by molar-refractivity contribution is 7.52. The molecule has 3 aromatic rings. The zero-order valence-corrected chi connectivity index (χ0v) is 25.0. The fourth-order valence-electron chi connectivity index (χ4n) is 4.53. The third-order valence-corrected chi connectivity index (χ3v) is 8.34. The molecule has 4 rings (SSSR count). The molecule has 1 saturated heterocycles. The summed E-state index contributed by atoms with van der Waals surface area (Å²) < 4.78 is 53.1. The SMILES string of the molecule is CC(C)OC(=O)[C@H](C)NP(=O)(OCC1O[C@@H](n2ccc(=O)[nH]c2=O)[C@](C)(F)[C@@H]1O)Oc1ccccc1Cc1ccccc1. The molecule has 2 unspecified atom stereocenters. The van der Waals surface area contributed by atoms with Crippen molar-refractivity contribution in [1.82, 2.24) is 14.6 Å². The van der Waals surface area contributed by atoms with Crippen LogP contribution in [0.1, 0.15) is 45.0 Å². The molecular weight excluding hydrogens is 584 g/mol. The zero-order chi connectivity index (χ0) is 31.4. The molecule has 1 aromatic heterocycles. The number of H-pyrrole nitrogens is 1. The Morgan fingerprint density at radius 2 is 1.81 bits per heavy atom.